The predicted octanol–water partition coefficient (Wildman–Crippen LogP) is 1.87. The minimum absolute atomic E-state index is 0.0687. The molecule has 162 valence electrons. The molecule has 0 fully saturated rings. The van der Waals surface area contributed by atoms with Gasteiger partial charge in [-0.05, 0) is 32.6 Å². The molecule has 0 aliphatic carbocycles. The van der Waals surface area contributed by atoms with Crippen LogP contribution in [-0.4, -0.2) is 58.0 Å². The summed E-state index contributed by atoms with van der Waals surface area (Å²) in [7, 11) is 0. The Balaban J connectivity index is 1.64. The maximum absolute atomic E-state index is 12.7. The van der Waals surface area contributed by atoms with Crippen LogP contribution in [-0.2, 0) is 28.9 Å². The monoisotopic (exact) mass is 415 g/mol. The van der Waals surface area contributed by atoms with E-state index in [0.29, 0.717) is 56.1 Å². The van der Waals surface area contributed by atoms with Gasteiger partial charge in [-0.15, -0.1) is 0 Å². The number of carbonyl (C=O) groups is 2. The van der Waals surface area contributed by atoms with Crippen LogP contribution in [0, 0.1) is 6.92 Å². The molecule has 1 aliphatic heterocycles. The molecule has 2 aromatic heterocycles. The first-order chi connectivity index (χ1) is 14.6. The maximum atomic E-state index is 12.7. The van der Waals surface area contributed by atoms with Gasteiger partial charge in [0.15, 0.2) is 0 Å². The first-order valence-corrected chi connectivity index (χ1v) is 10.5. The van der Waals surface area contributed by atoms with Crippen LogP contribution >= 0.6 is 0 Å². The average Bonchev–Trinajstić information content (AvgIpc) is 3.08. The molecule has 3 rings (SSSR count). The summed E-state index contributed by atoms with van der Waals surface area (Å²) < 4.78 is 12.8. The summed E-state index contributed by atoms with van der Waals surface area (Å²) in [5, 5.41) is 7.64. The lowest BCUT2D eigenvalue weighted by molar-refractivity contribution is 0.0493. The van der Waals surface area contributed by atoms with Crippen LogP contribution < -0.4 is 5.32 Å². The third-order valence-corrected chi connectivity index (χ3v) is 4.91. The SMILES string of the molecule is CCc1nn(CCCOC(=O)c2cnc(C)nc2)c2c1C(=O)NCCCOCCC2. The molecule has 1 aliphatic rings. The third kappa shape index (κ3) is 5.63. The Bertz CT molecular complexity index is 863. The van der Waals surface area contributed by atoms with Crippen molar-refractivity contribution in [2.75, 3.05) is 26.4 Å². The lowest BCUT2D eigenvalue weighted by Crippen LogP contribution is -2.26. The fourth-order valence-electron chi connectivity index (χ4n) is 3.37. The molecule has 0 aromatic carbocycles. The molecule has 0 spiro atoms. The van der Waals surface area contributed by atoms with Gasteiger partial charge in [0.2, 0.25) is 0 Å². The summed E-state index contributed by atoms with van der Waals surface area (Å²) in [5.74, 6) is 0.0893. The Kier molecular flexibility index (Phi) is 7.89. The number of hydrogen-bond donors (Lipinski definition) is 1. The van der Waals surface area contributed by atoms with Crippen molar-refractivity contribution >= 4 is 11.9 Å². The molecule has 0 unspecified atom stereocenters. The molecule has 30 heavy (non-hydrogen) atoms. The van der Waals surface area contributed by atoms with E-state index in [1.807, 2.05) is 11.6 Å². The molecule has 1 amide bonds. The molecule has 2 aromatic rings. The fraction of sp³-hybridized carbons (Fsp3) is 0.571. The molecule has 0 saturated carbocycles. The van der Waals surface area contributed by atoms with Crippen LogP contribution in [0.2, 0.25) is 0 Å². The molecule has 0 atom stereocenters. The molecule has 0 saturated heterocycles. The molecular formula is C21H29N5O4. The fourth-order valence-corrected chi connectivity index (χ4v) is 3.37. The normalized spacial score (nSPS) is 15.1. The van der Waals surface area contributed by atoms with Gasteiger partial charge in [-0.25, -0.2) is 14.8 Å². The van der Waals surface area contributed by atoms with Crippen molar-refractivity contribution in [1.29, 1.82) is 0 Å². The Labute approximate surface area is 176 Å². The van der Waals surface area contributed by atoms with Crippen LogP contribution in [0.5, 0.6) is 0 Å². The lowest BCUT2D eigenvalue weighted by atomic mass is 10.1. The first kappa shape index (κ1) is 21.9. The van der Waals surface area contributed by atoms with Gasteiger partial charge in [0.1, 0.15) is 5.82 Å². The van der Waals surface area contributed by atoms with Crippen LogP contribution in [0.25, 0.3) is 0 Å². The zero-order valence-corrected chi connectivity index (χ0v) is 17.6. The Morgan fingerprint density at radius 2 is 2.03 bits per heavy atom. The van der Waals surface area contributed by atoms with Crippen molar-refractivity contribution in [3.05, 3.63) is 40.7 Å². The second-order valence-electron chi connectivity index (χ2n) is 7.18. The summed E-state index contributed by atoms with van der Waals surface area (Å²) in [6, 6.07) is 0. The zero-order chi connectivity index (χ0) is 21.3. The highest BCUT2D eigenvalue weighted by atomic mass is 16.5. The van der Waals surface area contributed by atoms with Crippen LogP contribution in [0.15, 0.2) is 12.4 Å². The third-order valence-electron chi connectivity index (χ3n) is 4.91. The van der Waals surface area contributed by atoms with Crippen molar-refractivity contribution in [3.63, 3.8) is 0 Å². The first-order valence-electron chi connectivity index (χ1n) is 10.5. The number of nitrogens with one attached hydrogen (secondary N) is 1. The number of esters is 1. The van der Waals surface area contributed by atoms with Gasteiger partial charge in [-0.1, -0.05) is 6.92 Å². The minimum Gasteiger partial charge on any atom is -0.462 e. The van der Waals surface area contributed by atoms with Crippen molar-refractivity contribution in [1.82, 2.24) is 25.1 Å². The number of aryl methyl sites for hydroxylation is 3. The number of amides is 1. The molecule has 0 radical (unpaired) electrons. The number of ether oxygens (including phenoxy) is 2. The van der Waals surface area contributed by atoms with E-state index in [2.05, 4.69) is 20.4 Å². The molecular weight excluding hydrogens is 386 g/mol. The summed E-state index contributed by atoms with van der Waals surface area (Å²) in [4.78, 5) is 32.8. The summed E-state index contributed by atoms with van der Waals surface area (Å²) in [5.41, 5.74) is 2.75. The van der Waals surface area contributed by atoms with E-state index >= 15 is 0 Å². The zero-order valence-electron chi connectivity index (χ0n) is 17.6. The Morgan fingerprint density at radius 3 is 2.80 bits per heavy atom. The number of rotatable bonds is 6. The molecule has 1 N–H and O–H groups in total. The highest BCUT2D eigenvalue weighted by Gasteiger charge is 2.22. The van der Waals surface area contributed by atoms with Crippen LogP contribution in [0.1, 0.15) is 64.1 Å². The lowest BCUT2D eigenvalue weighted by Gasteiger charge is -2.10. The van der Waals surface area contributed by atoms with E-state index in [1.165, 1.54) is 12.4 Å². The second-order valence-corrected chi connectivity index (χ2v) is 7.18. The van der Waals surface area contributed by atoms with E-state index in [1.54, 1.807) is 6.92 Å². The minimum atomic E-state index is -0.444. The van der Waals surface area contributed by atoms with Gasteiger partial charge in [-0.2, -0.15) is 5.10 Å². The summed E-state index contributed by atoms with van der Waals surface area (Å²) >= 11 is 0. The maximum Gasteiger partial charge on any atom is 0.341 e. The van der Waals surface area contributed by atoms with Crippen LogP contribution in [0.3, 0.4) is 0 Å². The largest absolute Gasteiger partial charge is 0.462 e. The summed E-state index contributed by atoms with van der Waals surface area (Å²) in [6.45, 7) is 6.47. The molecule has 9 nitrogen and oxygen atoms in total. The van der Waals surface area contributed by atoms with E-state index in [4.69, 9.17) is 9.47 Å². The predicted molar refractivity (Wildman–Crippen MR) is 109 cm³/mol. The van der Waals surface area contributed by atoms with Gasteiger partial charge in [0.25, 0.3) is 5.91 Å². The van der Waals surface area contributed by atoms with Gasteiger partial charge >= 0.3 is 5.97 Å². The second kappa shape index (κ2) is 10.8. The van der Waals surface area contributed by atoms with Crippen molar-refractivity contribution < 1.29 is 19.1 Å². The Hall–Kier alpha value is -2.81. The number of nitrogens with zero attached hydrogens (tertiary/aromatic N) is 4. The van der Waals surface area contributed by atoms with E-state index in [-0.39, 0.29) is 12.5 Å². The number of aromatic nitrogens is 4. The number of carbonyl (C=O) groups excluding carboxylic acids is 2. The Morgan fingerprint density at radius 1 is 1.27 bits per heavy atom. The smallest absolute Gasteiger partial charge is 0.341 e. The average molecular weight is 415 g/mol. The highest BCUT2D eigenvalue weighted by Crippen LogP contribution is 2.19. The van der Waals surface area contributed by atoms with Gasteiger partial charge in [-0.3, -0.25) is 9.48 Å². The standard InChI is InChI=1S/C21H29N5O4/c1-3-17-19-18(7-4-10-29-11-5-8-22-20(19)27)26(25-17)9-6-12-30-21(28)16-13-23-15(2)24-14-16/h13-14H,3-12H2,1-2H3,(H,22,27). The van der Waals surface area contributed by atoms with Gasteiger partial charge in [0.05, 0.1) is 29.1 Å². The van der Waals surface area contributed by atoms with Crippen molar-refractivity contribution in [3.8, 4) is 0 Å². The van der Waals surface area contributed by atoms with Crippen LogP contribution in [0.4, 0.5) is 0 Å². The van der Waals surface area contributed by atoms with Gasteiger partial charge < -0.3 is 14.8 Å². The van der Waals surface area contributed by atoms with E-state index in [0.717, 1.165) is 30.7 Å². The topological polar surface area (TPSA) is 108 Å². The highest BCUT2D eigenvalue weighted by molar-refractivity contribution is 5.96. The summed E-state index contributed by atoms with van der Waals surface area (Å²) in [6.07, 6.45) is 6.55. The van der Waals surface area contributed by atoms with E-state index < -0.39 is 5.97 Å². The van der Waals surface area contributed by atoms with Crippen molar-refractivity contribution in [2.45, 2.75) is 52.5 Å². The van der Waals surface area contributed by atoms with Crippen molar-refractivity contribution in [2.24, 2.45) is 0 Å². The van der Waals surface area contributed by atoms with Gasteiger partial charge in [0, 0.05) is 45.1 Å². The van der Waals surface area contributed by atoms with E-state index in [9.17, 15) is 9.59 Å². The number of hydrogen-bond acceptors (Lipinski definition) is 7. The molecule has 3 heterocycles. The molecule has 0 bridgehead atoms. The number of fused-ring (bicyclic) bond motifs is 1. The quantitative estimate of drug-likeness (QED) is 0.567. The molecule has 9 heteroatoms.